The van der Waals surface area contributed by atoms with Gasteiger partial charge in [0.25, 0.3) is 0 Å². The molecule has 0 radical (unpaired) electrons. The highest BCUT2D eigenvalue weighted by atomic mass is 28.3. The molecule has 112 valence electrons. The predicted molar refractivity (Wildman–Crippen MR) is 80.1 cm³/mol. The van der Waals surface area contributed by atoms with Gasteiger partial charge in [-0.05, 0) is 36.4 Å². The highest BCUT2D eigenvalue weighted by Crippen LogP contribution is 2.41. The van der Waals surface area contributed by atoms with Gasteiger partial charge >= 0.3 is 5.92 Å². The van der Waals surface area contributed by atoms with Crippen LogP contribution >= 0.6 is 0 Å². The quantitative estimate of drug-likeness (QED) is 0.592. The van der Waals surface area contributed by atoms with Crippen molar-refractivity contribution in [3.8, 4) is 11.5 Å². The summed E-state index contributed by atoms with van der Waals surface area (Å²) >= 11 is 0. The lowest BCUT2D eigenvalue weighted by Gasteiger charge is -2.38. The van der Waals surface area contributed by atoms with Crippen molar-refractivity contribution in [2.45, 2.75) is 83.5 Å². The number of rotatable bonds is 4. The molecule has 0 aliphatic carbocycles. The smallest absolute Gasteiger partial charge is 0.335 e. The first-order chi connectivity index (χ1) is 8.29. The van der Waals surface area contributed by atoms with Crippen molar-refractivity contribution in [2.24, 2.45) is 0 Å². The van der Waals surface area contributed by atoms with Crippen LogP contribution < -0.4 is 0 Å². The minimum Gasteiger partial charge on any atom is -0.383 e. The zero-order valence-corrected chi connectivity index (χ0v) is 14.4. The molecule has 0 aromatic rings. The third-order valence-corrected chi connectivity index (χ3v) is 10.4. The van der Waals surface area contributed by atoms with Crippen molar-refractivity contribution >= 4 is 8.07 Å². The molecule has 0 aliphatic heterocycles. The maximum atomic E-state index is 13.8. The molecule has 0 saturated heterocycles. The van der Waals surface area contributed by atoms with E-state index in [0.717, 1.165) is 13.8 Å². The largest absolute Gasteiger partial charge is 0.383 e. The summed E-state index contributed by atoms with van der Waals surface area (Å²) in [5.41, 5.74) is 1.76. The van der Waals surface area contributed by atoms with Crippen LogP contribution in [0.5, 0.6) is 0 Å². The van der Waals surface area contributed by atoms with Crippen molar-refractivity contribution in [3.05, 3.63) is 0 Å². The molecule has 0 aromatic heterocycles. The van der Waals surface area contributed by atoms with Gasteiger partial charge in [0.15, 0.2) is 0 Å². The average Bonchev–Trinajstić information content (AvgIpc) is 2.14. The van der Waals surface area contributed by atoms with E-state index in [1.54, 1.807) is 0 Å². The van der Waals surface area contributed by atoms with E-state index < -0.39 is 19.6 Å². The van der Waals surface area contributed by atoms with Gasteiger partial charge in [-0.25, -0.2) is 0 Å². The van der Waals surface area contributed by atoms with Crippen LogP contribution in [0.3, 0.4) is 0 Å². The second kappa shape index (κ2) is 5.93. The summed E-state index contributed by atoms with van der Waals surface area (Å²) in [5.74, 6) is -1.26. The van der Waals surface area contributed by atoms with Crippen molar-refractivity contribution in [3.63, 3.8) is 0 Å². The van der Waals surface area contributed by atoms with Crippen LogP contribution in [0.1, 0.15) is 55.4 Å². The molecular formula is C15H28F2OSi. The van der Waals surface area contributed by atoms with Crippen LogP contribution in [0.25, 0.3) is 0 Å². The van der Waals surface area contributed by atoms with Gasteiger partial charge in [0.1, 0.15) is 13.7 Å². The molecule has 0 aliphatic rings. The number of hydrogen-bond acceptors (Lipinski definition) is 1. The number of aliphatic hydroxyl groups is 1. The summed E-state index contributed by atoms with van der Waals surface area (Å²) in [7, 11) is -2.17. The Morgan fingerprint density at radius 1 is 0.895 bits per heavy atom. The SMILES string of the molecule is CC(C)[Si](C#CC(F)(F)C(C)(C)O)(C(C)C)C(C)C. The monoisotopic (exact) mass is 290 g/mol. The van der Waals surface area contributed by atoms with E-state index in [1.165, 1.54) is 0 Å². The molecule has 0 saturated carbocycles. The molecule has 0 aromatic carbocycles. The van der Waals surface area contributed by atoms with Gasteiger partial charge in [-0.3, -0.25) is 0 Å². The van der Waals surface area contributed by atoms with Crippen LogP contribution in [0.4, 0.5) is 8.78 Å². The zero-order chi connectivity index (χ0) is 15.6. The second-order valence-corrected chi connectivity index (χ2v) is 12.4. The van der Waals surface area contributed by atoms with Gasteiger partial charge in [-0.2, -0.15) is 8.78 Å². The van der Waals surface area contributed by atoms with Crippen LogP contribution in [0.15, 0.2) is 0 Å². The minimum atomic E-state index is -3.37. The summed E-state index contributed by atoms with van der Waals surface area (Å²) in [6.07, 6.45) is 0. The second-order valence-electron chi connectivity index (χ2n) is 6.78. The van der Waals surface area contributed by atoms with E-state index in [-0.39, 0.29) is 0 Å². The highest BCUT2D eigenvalue weighted by Gasteiger charge is 2.46. The fourth-order valence-corrected chi connectivity index (χ4v) is 8.01. The van der Waals surface area contributed by atoms with Crippen molar-refractivity contribution in [1.29, 1.82) is 0 Å². The van der Waals surface area contributed by atoms with E-state index in [4.69, 9.17) is 0 Å². The summed E-state index contributed by atoms with van der Waals surface area (Å²) < 4.78 is 27.7. The fraction of sp³-hybridized carbons (Fsp3) is 0.867. The molecule has 0 amide bonds. The van der Waals surface area contributed by atoms with Gasteiger partial charge < -0.3 is 5.11 Å². The predicted octanol–water partition coefficient (Wildman–Crippen LogP) is 4.61. The van der Waals surface area contributed by atoms with E-state index in [9.17, 15) is 13.9 Å². The standard InChI is InChI=1S/C15H28F2OSi/c1-11(2)19(12(3)4,13(5)6)10-9-15(16,17)14(7,8)18/h11-13,18H,1-8H3. The molecule has 1 nitrogen and oxygen atoms in total. The molecule has 4 heteroatoms. The number of halogens is 2. The fourth-order valence-electron chi connectivity index (χ4n) is 2.77. The lowest BCUT2D eigenvalue weighted by Crippen LogP contribution is -2.46. The molecule has 0 rings (SSSR count). The van der Waals surface area contributed by atoms with Crippen LogP contribution in [-0.2, 0) is 0 Å². The van der Waals surface area contributed by atoms with Gasteiger partial charge in [0, 0.05) is 0 Å². The van der Waals surface area contributed by atoms with Gasteiger partial charge in [-0.1, -0.05) is 41.5 Å². The topological polar surface area (TPSA) is 20.2 Å². The maximum Gasteiger partial charge on any atom is 0.335 e. The van der Waals surface area contributed by atoms with Gasteiger partial charge in [0.2, 0.25) is 0 Å². The molecule has 19 heavy (non-hydrogen) atoms. The first-order valence-corrected chi connectivity index (χ1v) is 9.16. The Morgan fingerprint density at radius 3 is 1.42 bits per heavy atom. The molecular weight excluding hydrogens is 262 g/mol. The van der Waals surface area contributed by atoms with Crippen molar-refractivity contribution in [1.82, 2.24) is 0 Å². The lowest BCUT2D eigenvalue weighted by atomic mass is 10.0. The Bertz CT molecular complexity index is 335. The van der Waals surface area contributed by atoms with E-state index >= 15 is 0 Å². The van der Waals surface area contributed by atoms with E-state index in [2.05, 4.69) is 53.0 Å². The third kappa shape index (κ3) is 3.79. The molecule has 0 spiro atoms. The molecule has 0 unspecified atom stereocenters. The van der Waals surface area contributed by atoms with Crippen LogP contribution in [0.2, 0.25) is 16.6 Å². The summed E-state index contributed by atoms with van der Waals surface area (Å²) in [4.78, 5) is 0. The first-order valence-electron chi connectivity index (χ1n) is 6.93. The van der Waals surface area contributed by atoms with Gasteiger partial charge in [0.05, 0.1) is 0 Å². The number of hydrogen-bond donors (Lipinski definition) is 1. The summed E-state index contributed by atoms with van der Waals surface area (Å²) in [6, 6.07) is 0. The Hall–Kier alpha value is -0.403. The summed E-state index contributed by atoms with van der Waals surface area (Å²) in [5, 5.41) is 9.52. The Kier molecular flexibility index (Phi) is 5.80. The average molecular weight is 290 g/mol. The molecule has 0 fully saturated rings. The summed E-state index contributed by atoms with van der Waals surface area (Å²) in [6.45, 7) is 14.6. The molecule has 1 N–H and O–H groups in total. The van der Waals surface area contributed by atoms with Crippen molar-refractivity contribution in [2.75, 3.05) is 0 Å². The lowest BCUT2D eigenvalue weighted by molar-refractivity contribution is -0.120. The molecule has 0 atom stereocenters. The van der Waals surface area contributed by atoms with Crippen LogP contribution in [-0.4, -0.2) is 24.7 Å². The van der Waals surface area contributed by atoms with E-state index in [1.807, 2.05) is 0 Å². The molecule has 0 bridgehead atoms. The van der Waals surface area contributed by atoms with E-state index in [0.29, 0.717) is 16.6 Å². The molecule has 0 heterocycles. The first kappa shape index (κ1) is 18.6. The normalized spacial score (nSPS) is 14.0. The minimum absolute atomic E-state index is 0.303. The Morgan fingerprint density at radius 2 is 1.21 bits per heavy atom. The maximum absolute atomic E-state index is 13.8. The Labute approximate surface area is 117 Å². The van der Waals surface area contributed by atoms with Gasteiger partial charge in [-0.15, -0.1) is 5.54 Å². The highest BCUT2D eigenvalue weighted by molar-refractivity contribution is 6.90. The third-order valence-electron chi connectivity index (χ3n) is 4.07. The van der Waals surface area contributed by atoms with Crippen LogP contribution in [0, 0.1) is 11.5 Å². The Balaban J connectivity index is 5.75. The zero-order valence-electron chi connectivity index (χ0n) is 13.4. The number of alkyl halides is 2. The van der Waals surface area contributed by atoms with Crippen molar-refractivity contribution < 1.29 is 13.9 Å².